The number of aromatic nitrogens is 3. The molecule has 0 unspecified atom stereocenters. The number of hydrogen-bond donors (Lipinski definition) is 1. The second-order valence-electron chi connectivity index (χ2n) is 6.60. The van der Waals surface area contributed by atoms with Gasteiger partial charge >= 0.3 is 4.87 Å². The average molecular weight is 431 g/mol. The zero-order valence-electron chi connectivity index (χ0n) is 15.9. The maximum atomic E-state index is 13.0. The topological polar surface area (TPSA) is 95.1 Å². The number of benzene rings is 2. The molecule has 0 bridgehead atoms. The predicted octanol–water partition coefficient (Wildman–Crippen LogP) is 2.20. The Morgan fingerprint density at radius 1 is 1.00 bits per heavy atom. The highest BCUT2D eigenvalue weighted by Gasteiger charge is 2.23. The number of hydrogen-bond acceptors (Lipinski definition) is 5. The van der Waals surface area contributed by atoms with Crippen molar-refractivity contribution in [1.29, 1.82) is 0 Å². The third-order valence-electron chi connectivity index (χ3n) is 4.86. The monoisotopic (exact) mass is 430 g/mol. The number of aryl methyl sites for hydroxylation is 1. The highest BCUT2D eigenvalue weighted by molar-refractivity contribution is 7.92. The van der Waals surface area contributed by atoms with Crippen LogP contribution in [-0.2, 0) is 24.1 Å². The molecule has 29 heavy (non-hydrogen) atoms. The highest BCUT2D eigenvalue weighted by atomic mass is 32.2. The lowest BCUT2D eigenvalue weighted by Gasteiger charge is -2.07. The van der Waals surface area contributed by atoms with Crippen LogP contribution in [-0.4, -0.2) is 22.3 Å². The van der Waals surface area contributed by atoms with Gasteiger partial charge in [0.15, 0.2) is 0 Å². The first-order valence-electron chi connectivity index (χ1n) is 8.67. The van der Waals surface area contributed by atoms with Crippen LogP contribution in [0.5, 0.6) is 0 Å². The smallest absolute Gasteiger partial charge is 0.302 e. The number of nitrogens with zero attached hydrogens (tertiary/aromatic N) is 3. The molecule has 0 atom stereocenters. The van der Waals surface area contributed by atoms with Crippen LogP contribution in [0.2, 0.25) is 0 Å². The Balaban J connectivity index is 1.80. The molecule has 1 N–H and O–H groups in total. The zero-order chi connectivity index (χ0) is 20.9. The number of rotatable bonds is 4. The van der Waals surface area contributed by atoms with Gasteiger partial charge < -0.3 is 4.57 Å². The first-order valence-corrected chi connectivity index (χ1v) is 11.0. The van der Waals surface area contributed by atoms with E-state index in [9.17, 15) is 18.0 Å². The van der Waals surface area contributed by atoms with Crippen molar-refractivity contribution in [3.8, 4) is 5.69 Å². The van der Waals surface area contributed by atoms with E-state index < -0.39 is 15.6 Å². The van der Waals surface area contributed by atoms with Crippen molar-refractivity contribution >= 4 is 37.3 Å². The second kappa shape index (κ2) is 6.75. The van der Waals surface area contributed by atoms with Gasteiger partial charge in [-0.2, -0.15) is 0 Å². The number of thiazole rings is 1. The summed E-state index contributed by atoms with van der Waals surface area (Å²) in [6, 6.07) is 13.4. The third-order valence-corrected chi connectivity index (χ3v) is 7.21. The van der Waals surface area contributed by atoms with Gasteiger partial charge in [-0.3, -0.25) is 19.0 Å². The van der Waals surface area contributed by atoms with Crippen LogP contribution >= 0.6 is 11.3 Å². The van der Waals surface area contributed by atoms with Gasteiger partial charge in [0.25, 0.3) is 15.6 Å². The van der Waals surface area contributed by atoms with Crippen molar-refractivity contribution in [1.82, 2.24) is 13.9 Å². The van der Waals surface area contributed by atoms with Gasteiger partial charge in [-0.05, 0) is 37.3 Å². The lowest BCUT2D eigenvalue weighted by Crippen LogP contribution is -2.23. The number of nitrogens with one attached hydrogen (secondary N) is 1. The highest BCUT2D eigenvalue weighted by Crippen LogP contribution is 2.23. The molecule has 150 valence electrons. The number of para-hydroxylation sites is 1. The molecule has 0 aliphatic carbocycles. The summed E-state index contributed by atoms with van der Waals surface area (Å²) in [6.07, 6.45) is 0. The van der Waals surface area contributed by atoms with Crippen molar-refractivity contribution in [2.45, 2.75) is 11.8 Å². The van der Waals surface area contributed by atoms with Gasteiger partial charge in [0.2, 0.25) is 0 Å². The summed E-state index contributed by atoms with van der Waals surface area (Å²) in [5, 5.41) is 0. The summed E-state index contributed by atoms with van der Waals surface area (Å²) in [6.45, 7) is 1.67. The molecule has 0 fully saturated rings. The predicted molar refractivity (Wildman–Crippen MR) is 114 cm³/mol. The van der Waals surface area contributed by atoms with Crippen LogP contribution < -0.4 is 15.2 Å². The summed E-state index contributed by atoms with van der Waals surface area (Å²) in [4.78, 5) is 24.6. The summed E-state index contributed by atoms with van der Waals surface area (Å²) in [5.41, 5.74) is 1.28. The summed E-state index contributed by atoms with van der Waals surface area (Å²) < 4.78 is 33.4. The maximum absolute atomic E-state index is 13.0. The van der Waals surface area contributed by atoms with E-state index in [1.165, 1.54) is 21.4 Å². The molecule has 8 nitrogen and oxygen atoms in total. The fraction of sp³-hybridized carbons (Fsp3) is 0.158. The van der Waals surface area contributed by atoms with E-state index in [2.05, 4.69) is 4.72 Å². The molecule has 0 aliphatic heterocycles. The molecule has 0 saturated carbocycles. The van der Waals surface area contributed by atoms with Crippen LogP contribution in [0.1, 0.15) is 5.69 Å². The molecular formula is C19H18N4O4S2. The molecular weight excluding hydrogens is 412 g/mol. The van der Waals surface area contributed by atoms with Crippen LogP contribution in [0.25, 0.3) is 15.9 Å². The Morgan fingerprint density at radius 3 is 2.38 bits per heavy atom. The van der Waals surface area contributed by atoms with Crippen LogP contribution in [0.4, 0.5) is 5.69 Å². The van der Waals surface area contributed by atoms with Gasteiger partial charge in [-0.25, -0.2) is 13.1 Å². The van der Waals surface area contributed by atoms with Crippen LogP contribution in [0, 0.1) is 6.92 Å². The number of fused-ring (bicyclic) bond motifs is 1. The summed E-state index contributed by atoms with van der Waals surface area (Å²) >= 11 is 0.971. The molecule has 2 aromatic heterocycles. The number of sulfonamides is 1. The lowest BCUT2D eigenvalue weighted by atomic mass is 10.3. The minimum atomic E-state index is -4.02. The van der Waals surface area contributed by atoms with Gasteiger partial charge in [-0.1, -0.05) is 29.5 Å². The van der Waals surface area contributed by atoms with Crippen LogP contribution in [0.3, 0.4) is 0 Å². The molecule has 4 rings (SSSR count). The molecule has 0 amide bonds. The summed E-state index contributed by atoms with van der Waals surface area (Å²) in [5.74, 6) is 0. The van der Waals surface area contributed by atoms with E-state index in [0.717, 1.165) is 11.3 Å². The largest absolute Gasteiger partial charge is 0.307 e. The van der Waals surface area contributed by atoms with Crippen LogP contribution in [0.15, 0.2) is 63.0 Å². The quantitative estimate of drug-likeness (QED) is 0.537. The molecule has 10 heteroatoms. The number of anilines is 1. The first-order chi connectivity index (χ1) is 13.7. The van der Waals surface area contributed by atoms with E-state index in [-0.39, 0.29) is 15.5 Å². The molecule has 0 aliphatic rings. The Kier molecular flexibility index (Phi) is 4.47. The van der Waals surface area contributed by atoms with Gasteiger partial charge in [0.05, 0.1) is 26.5 Å². The van der Waals surface area contributed by atoms with E-state index in [1.807, 2.05) is 6.07 Å². The van der Waals surface area contributed by atoms with Gasteiger partial charge in [0.1, 0.15) is 5.69 Å². The third kappa shape index (κ3) is 3.10. The molecule has 2 aromatic carbocycles. The molecule has 0 radical (unpaired) electrons. The van der Waals surface area contributed by atoms with Gasteiger partial charge in [-0.15, -0.1) is 0 Å². The Bertz CT molecular complexity index is 1460. The molecule has 4 aromatic rings. The lowest BCUT2D eigenvalue weighted by molar-refractivity contribution is 0.601. The average Bonchev–Trinajstić information content (AvgIpc) is 3.09. The van der Waals surface area contributed by atoms with Gasteiger partial charge in [0, 0.05) is 14.1 Å². The van der Waals surface area contributed by atoms with E-state index >= 15 is 0 Å². The van der Waals surface area contributed by atoms with Crippen molar-refractivity contribution in [3.05, 3.63) is 74.2 Å². The van der Waals surface area contributed by atoms with E-state index in [1.54, 1.807) is 56.0 Å². The first kappa shape index (κ1) is 19.2. The second-order valence-corrected chi connectivity index (χ2v) is 9.27. The molecule has 0 spiro atoms. The van der Waals surface area contributed by atoms with E-state index in [4.69, 9.17) is 0 Å². The minimum Gasteiger partial charge on any atom is -0.302 e. The SMILES string of the molecule is Cc1c(NS(=O)(=O)c2ccc3c(c2)sc(=O)n3C)c(=O)n(-c2ccccc2)n1C. The van der Waals surface area contributed by atoms with E-state index in [0.29, 0.717) is 21.6 Å². The zero-order valence-corrected chi connectivity index (χ0v) is 17.5. The van der Waals surface area contributed by atoms with Crippen molar-refractivity contribution in [2.24, 2.45) is 14.1 Å². The Hall–Kier alpha value is -3.11. The minimum absolute atomic E-state index is 0.0132. The normalized spacial score (nSPS) is 11.8. The maximum Gasteiger partial charge on any atom is 0.307 e. The standard InChI is InChI=1S/C19H18N4O4S2/c1-12-17(18(24)23(22(12)3)13-7-5-4-6-8-13)20-29(26,27)14-9-10-15-16(11-14)28-19(25)21(15)2/h4-11,20H,1-3H3. The fourth-order valence-corrected chi connectivity index (χ4v) is 5.30. The van der Waals surface area contributed by atoms with Crippen molar-refractivity contribution < 1.29 is 8.42 Å². The summed E-state index contributed by atoms with van der Waals surface area (Å²) in [7, 11) is -0.699. The Morgan fingerprint density at radius 2 is 1.69 bits per heavy atom. The van der Waals surface area contributed by atoms with Crippen molar-refractivity contribution in [3.63, 3.8) is 0 Å². The fourth-order valence-electron chi connectivity index (χ4n) is 3.16. The van der Waals surface area contributed by atoms with Crippen molar-refractivity contribution in [2.75, 3.05) is 4.72 Å². The molecule has 2 heterocycles. The molecule has 0 saturated heterocycles. The Labute approximate surface area is 170 Å².